The molecule has 0 atom stereocenters. The molecule has 0 heterocycles. The zero-order valence-corrected chi connectivity index (χ0v) is 11.7. The first-order valence-corrected chi connectivity index (χ1v) is 6.77. The van der Waals surface area contributed by atoms with Crippen molar-refractivity contribution in [3.05, 3.63) is 65.2 Å². The molecule has 0 amide bonds. The van der Waals surface area contributed by atoms with E-state index in [0.29, 0.717) is 0 Å². The van der Waals surface area contributed by atoms with Crippen molar-refractivity contribution in [1.29, 1.82) is 5.26 Å². The highest BCUT2D eigenvalue weighted by Gasteiger charge is 2.08. The SMILES string of the molecule is CCN(Cc1ccc(N)cc1)Cc1ccccc1C#N. The van der Waals surface area contributed by atoms with Gasteiger partial charge in [0.15, 0.2) is 0 Å². The first-order chi connectivity index (χ1) is 9.72. The Morgan fingerprint density at radius 2 is 1.75 bits per heavy atom. The van der Waals surface area contributed by atoms with Gasteiger partial charge in [-0.1, -0.05) is 37.3 Å². The predicted octanol–water partition coefficient (Wildman–Crippen LogP) is 3.16. The Bertz CT molecular complexity index is 596. The van der Waals surface area contributed by atoms with Crippen LogP contribution in [0.1, 0.15) is 23.6 Å². The van der Waals surface area contributed by atoms with Gasteiger partial charge in [0.05, 0.1) is 11.6 Å². The number of anilines is 1. The summed E-state index contributed by atoms with van der Waals surface area (Å²) in [5, 5.41) is 9.14. The van der Waals surface area contributed by atoms with E-state index in [-0.39, 0.29) is 0 Å². The molecule has 0 fully saturated rings. The summed E-state index contributed by atoms with van der Waals surface area (Å²) in [5.41, 5.74) is 9.55. The maximum atomic E-state index is 9.14. The molecular formula is C17H19N3. The molecule has 0 spiro atoms. The molecule has 0 aliphatic heterocycles. The van der Waals surface area contributed by atoms with Gasteiger partial charge in [-0.05, 0) is 35.9 Å². The average molecular weight is 265 g/mol. The summed E-state index contributed by atoms with van der Waals surface area (Å²) < 4.78 is 0. The second kappa shape index (κ2) is 6.74. The molecule has 3 nitrogen and oxygen atoms in total. The molecular weight excluding hydrogens is 246 g/mol. The third-order valence-corrected chi connectivity index (χ3v) is 3.36. The number of nitrogen functional groups attached to an aromatic ring is 1. The molecule has 2 aromatic rings. The van der Waals surface area contributed by atoms with Gasteiger partial charge in [0.25, 0.3) is 0 Å². The lowest BCUT2D eigenvalue weighted by atomic mass is 10.1. The van der Waals surface area contributed by atoms with Crippen LogP contribution < -0.4 is 5.73 Å². The summed E-state index contributed by atoms with van der Waals surface area (Å²) in [6, 6.07) is 18.0. The molecule has 0 radical (unpaired) electrons. The van der Waals surface area contributed by atoms with E-state index in [9.17, 15) is 0 Å². The van der Waals surface area contributed by atoms with Crippen LogP contribution in [0, 0.1) is 11.3 Å². The second-order valence-corrected chi connectivity index (χ2v) is 4.81. The number of benzene rings is 2. The number of nitrogens with zero attached hydrogens (tertiary/aromatic N) is 2. The normalized spacial score (nSPS) is 10.4. The van der Waals surface area contributed by atoms with Crippen LogP contribution in [-0.4, -0.2) is 11.4 Å². The highest BCUT2D eigenvalue weighted by Crippen LogP contribution is 2.14. The Morgan fingerprint density at radius 1 is 1.05 bits per heavy atom. The zero-order chi connectivity index (χ0) is 14.4. The van der Waals surface area contributed by atoms with E-state index in [1.165, 1.54) is 5.56 Å². The summed E-state index contributed by atoms with van der Waals surface area (Å²) in [6.45, 7) is 4.71. The van der Waals surface area contributed by atoms with Gasteiger partial charge >= 0.3 is 0 Å². The molecule has 3 heteroatoms. The minimum absolute atomic E-state index is 0.753. The lowest BCUT2D eigenvalue weighted by Gasteiger charge is -2.21. The van der Waals surface area contributed by atoms with Gasteiger partial charge in [-0.25, -0.2) is 0 Å². The number of rotatable bonds is 5. The summed E-state index contributed by atoms with van der Waals surface area (Å²) in [6.07, 6.45) is 0. The van der Waals surface area contributed by atoms with Crippen LogP contribution in [-0.2, 0) is 13.1 Å². The van der Waals surface area contributed by atoms with Gasteiger partial charge in [0, 0.05) is 18.8 Å². The lowest BCUT2D eigenvalue weighted by molar-refractivity contribution is 0.271. The largest absolute Gasteiger partial charge is 0.399 e. The van der Waals surface area contributed by atoms with Crippen LogP contribution in [0.2, 0.25) is 0 Å². The smallest absolute Gasteiger partial charge is 0.0995 e. The monoisotopic (exact) mass is 265 g/mol. The van der Waals surface area contributed by atoms with Gasteiger partial charge < -0.3 is 5.73 Å². The minimum atomic E-state index is 0.753. The topological polar surface area (TPSA) is 53.0 Å². The van der Waals surface area contributed by atoms with E-state index < -0.39 is 0 Å². The number of hydrogen-bond acceptors (Lipinski definition) is 3. The van der Waals surface area contributed by atoms with E-state index in [1.54, 1.807) is 0 Å². The number of hydrogen-bond donors (Lipinski definition) is 1. The molecule has 2 rings (SSSR count). The Hall–Kier alpha value is -2.31. The van der Waals surface area contributed by atoms with Crippen molar-refractivity contribution in [1.82, 2.24) is 4.90 Å². The van der Waals surface area contributed by atoms with Gasteiger partial charge in [-0.2, -0.15) is 5.26 Å². The third kappa shape index (κ3) is 3.59. The van der Waals surface area contributed by atoms with E-state index >= 15 is 0 Å². The van der Waals surface area contributed by atoms with E-state index in [0.717, 1.165) is 36.4 Å². The molecule has 0 aromatic heterocycles. The maximum absolute atomic E-state index is 9.14. The molecule has 20 heavy (non-hydrogen) atoms. The number of nitrogens with two attached hydrogens (primary N) is 1. The van der Waals surface area contributed by atoms with Crippen molar-refractivity contribution in [2.45, 2.75) is 20.0 Å². The van der Waals surface area contributed by atoms with Crippen LogP contribution in [0.25, 0.3) is 0 Å². The van der Waals surface area contributed by atoms with E-state index in [2.05, 4.69) is 17.9 Å². The minimum Gasteiger partial charge on any atom is -0.399 e. The van der Waals surface area contributed by atoms with Crippen molar-refractivity contribution in [3.8, 4) is 6.07 Å². The van der Waals surface area contributed by atoms with E-state index in [1.807, 2.05) is 48.5 Å². The molecule has 102 valence electrons. The molecule has 0 saturated carbocycles. The summed E-state index contributed by atoms with van der Waals surface area (Å²) in [4.78, 5) is 2.31. The lowest BCUT2D eigenvalue weighted by Crippen LogP contribution is -2.22. The first kappa shape index (κ1) is 14.1. The summed E-state index contributed by atoms with van der Waals surface area (Å²) in [7, 11) is 0. The van der Waals surface area contributed by atoms with Crippen LogP contribution in [0.4, 0.5) is 5.69 Å². The third-order valence-electron chi connectivity index (χ3n) is 3.36. The Labute approximate surface area is 120 Å². The molecule has 0 aliphatic rings. The fourth-order valence-corrected chi connectivity index (χ4v) is 2.17. The van der Waals surface area contributed by atoms with Crippen molar-refractivity contribution >= 4 is 5.69 Å². The average Bonchev–Trinajstić information content (AvgIpc) is 2.49. The van der Waals surface area contributed by atoms with Crippen LogP contribution >= 0.6 is 0 Å². The Morgan fingerprint density at radius 3 is 2.40 bits per heavy atom. The fourth-order valence-electron chi connectivity index (χ4n) is 2.17. The zero-order valence-electron chi connectivity index (χ0n) is 11.7. The predicted molar refractivity (Wildman–Crippen MR) is 81.8 cm³/mol. The fraction of sp³-hybridized carbons (Fsp3) is 0.235. The summed E-state index contributed by atoms with van der Waals surface area (Å²) >= 11 is 0. The van der Waals surface area contributed by atoms with Crippen molar-refractivity contribution in [3.63, 3.8) is 0 Å². The highest BCUT2D eigenvalue weighted by atomic mass is 15.1. The molecule has 0 saturated heterocycles. The Balaban J connectivity index is 2.09. The molecule has 2 aromatic carbocycles. The van der Waals surface area contributed by atoms with Crippen molar-refractivity contribution in [2.75, 3.05) is 12.3 Å². The second-order valence-electron chi connectivity index (χ2n) is 4.81. The van der Waals surface area contributed by atoms with Gasteiger partial charge in [-0.15, -0.1) is 0 Å². The van der Waals surface area contributed by atoms with Crippen LogP contribution in [0.15, 0.2) is 48.5 Å². The molecule has 0 unspecified atom stereocenters. The van der Waals surface area contributed by atoms with Gasteiger partial charge in [0.2, 0.25) is 0 Å². The quantitative estimate of drug-likeness (QED) is 0.845. The van der Waals surface area contributed by atoms with Crippen molar-refractivity contribution < 1.29 is 0 Å². The van der Waals surface area contributed by atoms with Crippen LogP contribution in [0.3, 0.4) is 0 Å². The van der Waals surface area contributed by atoms with E-state index in [4.69, 9.17) is 11.0 Å². The molecule has 0 bridgehead atoms. The first-order valence-electron chi connectivity index (χ1n) is 6.77. The van der Waals surface area contributed by atoms with Gasteiger partial charge in [0.1, 0.15) is 0 Å². The molecule has 2 N–H and O–H groups in total. The molecule has 0 aliphatic carbocycles. The maximum Gasteiger partial charge on any atom is 0.0995 e. The van der Waals surface area contributed by atoms with Crippen LogP contribution in [0.5, 0.6) is 0 Å². The van der Waals surface area contributed by atoms with Gasteiger partial charge in [-0.3, -0.25) is 4.90 Å². The Kier molecular flexibility index (Phi) is 4.75. The highest BCUT2D eigenvalue weighted by molar-refractivity contribution is 5.39. The number of nitriles is 1. The standard InChI is InChI=1S/C17H19N3/c1-2-20(12-14-7-9-17(19)10-8-14)13-16-6-4-3-5-15(16)11-18/h3-10H,2,12-13,19H2,1H3. The summed E-state index contributed by atoms with van der Waals surface area (Å²) in [5.74, 6) is 0. The van der Waals surface area contributed by atoms with Crippen molar-refractivity contribution in [2.24, 2.45) is 0 Å².